The summed E-state index contributed by atoms with van der Waals surface area (Å²) < 4.78 is 29.2. The molecule has 1 amide bonds. The summed E-state index contributed by atoms with van der Waals surface area (Å²) in [5.74, 6) is -0.499. The van der Waals surface area contributed by atoms with Crippen molar-refractivity contribution in [3.8, 4) is 0 Å². The SMILES string of the molecule is CN(C1CCCCC1)S(=O)(=O)c1ccccc1NC(=O)Cn1cnc2sccc2c1=O. The molecule has 1 saturated carbocycles. The normalized spacial score (nSPS) is 15.4. The average molecular weight is 461 g/mol. The summed E-state index contributed by atoms with van der Waals surface area (Å²) in [5.41, 5.74) is -0.105. The number of anilines is 1. The molecule has 0 saturated heterocycles. The lowest BCUT2D eigenvalue weighted by molar-refractivity contribution is -0.116. The number of fused-ring (bicyclic) bond motifs is 1. The minimum absolute atomic E-state index is 0.0375. The Morgan fingerprint density at radius 2 is 1.97 bits per heavy atom. The van der Waals surface area contributed by atoms with Gasteiger partial charge in [-0.25, -0.2) is 13.4 Å². The molecule has 31 heavy (non-hydrogen) atoms. The predicted octanol–water partition coefficient (Wildman–Crippen LogP) is 3.05. The van der Waals surface area contributed by atoms with Crippen LogP contribution in [0.4, 0.5) is 5.69 Å². The molecule has 4 rings (SSSR count). The summed E-state index contributed by atoms with van der Waals surface area (Å²) in [4.78, 5) is 30.0. The number of amides is 1. The molecular weight excluding hydrogens is 436 g/mol. The Kier molecular flexibility index (Phi) is 6.22. The fourth-order valence-electron chi connectivity index (χ4n) is 3.94. The second-order valence-electron chi connectivity index (χ2n) is 7.67. The number of hydrogen-bond donors (Lipinski definition) is 1. The number of rotatable bonds is 6. The molecule has 0 atom stereocenters. The summed E-state index contributed by atoms with van der Waals surface area (Å²) >= 11 is 1.35. The van der Waals surface area contributed by atoms with Crippen molar-refractivity contribution in [2.75, 3.05) is 12.4 Å². The van der Waals surface area contributed by atoms with Crippen LogP contribution in [-0.2, 0) is 21.4 Å². The Hall–Kier alpha value is -2.56. The van der Waals surface area contributed by atoms with Gasteiger partial charge in [-0.2, -0.15) is 4.31 Å². The largest absolute Gasteiger partial charge is 0.323 e. The van der Waals surface area contributed by atoms with Crippen molar-refractivity contribution in [1.82, 2.24) is 13.9 Å². The zero-order chi connectivity index (χ0) is 22.0. The van der Waals surface area contributed by atoms with Crippen LogP contribution in [0.5, 0.6) is 0 Å². The second-order valence-corrected chi connectivity index (χ2v) is 10.5. The molecule has 0 unspecified atom stereocenters. The summed E-state index contributed by atoms with van der Waals surface area (Å²) in [6.07, 6.45) is 6.17. The molecule has 1 aliphatic rings. The maximum atomic E-state index is 13.3. The first kappa shape index (κ1) is 21.7. The molecule has 0 spiro atoms. The molecule has 0 bridgehead atoms. The number of nitrogens with one attached hydrogen (secondary N) is 1. The summed E-state index contributed by atoms with van der Waals surface area (Å²) in [6.45, 7) is -0.259. The number of para-hydroxylation sites is 1. The van der Waals surface area contributed by atoms with E-state index in [0.717, 1.165) is 32.1 Å². The van der Waals surface area contributed by atoms with Crippen LogP contribution in [0.3, 0.4) is 0 Å². The van der Waals surface area contributed by atoms with Gasteiger partial charge in [0.2, 0.25) is 15.9 Å². The Balaban J connectivity index is 1.56. The van der Waals surface area contributed by atoms with E-state index >= 15 is 0 Å². The van der Waals surface area contributed by atoms with Crippen LogP contribution < -0.4 is 10.9 Å². The average Bonchev–Trinajstić information content (AvgIpc) is 3.26. The van der Waals surface area contributed by atoms with Crippen molar-refractivity contribution in [3.63, 3.8) is 0 Å². The molecule has 0 aliphatic heterocycles. The van der Waals surface area contributed by atoms with Gasteiger partial charge >= 0.3 is 0 Å². The van der Waals surface area contributed by atoms with Gasteiger partial charge in [0.1, 0.15) is 16.3 Å². The van der Waals surface area contributed by atoms with E-state index in [4.69, 9.17) is 0 Å². The highest BCUT2D eigenvalue weighted by Gasteiger charge is 2.31. The van der Waals surface area contributed by atoms with E-state index in [-0.39, 0.29) is 28.7 Å². The van der Waals surface area contributed by atoms with Gasteiger partial charge in [0.05, 0.1) is 17.4 Å². The highest BCUT2D eigenvalue weighted by Crippen LogP contribution is 2.29. The number of benzene rings is 1. The molecule has 2 heterocycles. The van der Waals surface area contributed by atoms with Crippen LogP contribution in [0, 0.1) is 0 Å². The second kappa shape index (κ2) is 8.89. The van der Waals surface area contributed by atoms with Crippen LogP contribution in [0.2, 0.25) is 0 Å². The van der Waals surface area contributed by atoms with Crippen molar-refractivity contribution >= 4 is 43.2 Å². The molecule has 10 heteroatoms. The number of carbonyl (C=O) groups is 1. The minimum atomic E-state index is -3.78. The summed E-state index contributed by atoms with van der Waals surface area (Å²) in [7, 11) is -2.18. The molecule has 1 fully saturated rings. The first-order chi connectivity index (χ1) is 14.9. The van der Waals surface area contributed by atoms with E-state index in [1.807, 2.05) is 0 Å². The first-order valence-electron chi connectivity index (χ1n) is 10.2. The van der Waals surface area contributed by atoms with Crippen molar-refractivity contribution in [2.24, 2.45) is 0 Å². The quantitative estimate of drug-likeness (QED) is 0.609. The van der Waals surface area contributed by atoms with Gasteiger partial charge < -0.3 is 5.32 Å². The number of nitrogens with zero attached hydrogens (tertiary/aromatic N) is 3. The van der Waals surface area contributed by atoms with E-state index in [1.165, 1.54) is 32.6 Å². The van der Waals surface area contributed by atoms with E-state index in [2.05, 4.69) is 10.3 Å². The number of thiophene rings is 1. The molecule has 1 N–H and O–H groups in total. The van der Waals surface area contributed by atoms with E-state index in [1.54, 1.807) is 36.7 Å². The zero-order valence-corrected chi connectivity index (χ0v) is 18.8. The third kappa shape index (κ3) is 4.41. The number of aromatic nitrogens is 2. The highest BCUT2D eigenvalue weighted by molar-refractivity contribution is 7.89. The fraction of sp³-hybridized carbons (Fsp3) is 0.381. The molecule has 3 aromatic rings. The third-order valence-electron chi connectivity index (χ3n) is 5.67. The zero-order valence-electron chi connectivity index (χ0n) is 17.2. The van der Waals surface area contributed by atoms with Crippen LogP contribution in [0.1, 0.15) is 32.1 Å². The van der Waals surface area contributed by atoms with Gasteiger partial charge in [-0.05, 0) is 36.4 Å². The van der Waals surface area contributed by atoms with Crippen LogP contribution in [0.25, 0.3) is 10.2 Å². The number of carbonyl (C=O) groups excluding carboxylic acids is 1. The molecule has 1 aromatic carbocycles. The summed E-state index contributed by atoms with van der Waals surface area (Å²) in [6, 6.07) is 7.99. The van der Waals surface area contributed by atoms with E-state index < -0.39 is 15.9 Å². The Bertz CT molecular complexity index is 1260. The number of hydrogen-bond acceptors (Lipinski definition) is 6. The molecule has 164 valence electrons. The fourth-order valence-corrected chi connectivity index (χ4v) is 6.23. The third-order valence-corrected chi connectivity index (χ3v) is 8.46. The van der Waals surface area contributed by atoms with E-state index in [0.29, 0.717) is 10.2 Å². The minimum Gasteiger partial charge on any atom is -0.323 e. The lowest BCUT2D eigenvalue weighted by Gasteiger charge is -2.30. The van der Waals surface area contributed by atoms with Gasteiger partial charge in [0, 0.05) is 13.1 Å². The summed E-state index contributed by atoms with van der Waals surface area (Å²) in [5, 5.41) is 4.89. The van der Waals surface area contributed by atoms with Gasteiger partial charge in [0.25, 0.3) is 5.56 Å². The Morgan fingerprint density at radius 1 is 1.23 bits per heavy atom. The Morgan fingerprint density at radius 3 is 2.74 bits per heavy atom. The molecule has 8 nitrogen and oxygen atoms in total. The molecular formula is C21H24N4O4S2. The Labute approximate surface area is 184 Å². The standard InChI is InChI=1S/C21H24N4O4S2/c1-24(15-7-3-2-4-8-15)31(28,29)18-10-6-5-9-17(18)23-19(26)13-25-14-22-20-16(21(25)27)11-12-30-20/h5-6,9-12,14-15H,2-4,7-8,13H2,1H3,(H,23,26). The van der Waals surface area contributed by atoms with Crippen LogP contribution in [-0.4, -0.2) is 41.3 Å². The number of sulfonamides is 1. The van der Waals surface area contributed by atoms with Crippen molar-refractivity contribution in [2.45, 2.75) is 49.6 Å². The van der Waals surface area contributed by atoms with Crippen LogP contribution in [0.15, 0.2) is 51.7 Å². The first-order valence-corrected chi connectivity index (χ1v) is 12.5. The highest BCUT2D eigenvalue weighted by atomic mass is 32.2. The maximum Gasteiger partial charge on any atom is 0.262 e. The monoisotopic (exact) mass is 460 g/mol. The van der Waals surface area contributed by atoms with Crippen molar-refractivity contribution < 1.29 is 13.2 Å². The molecule has 0 radical (unpaired) electrons. The van der Waals surface area contributed by atoms with Crippen LogP contribution >= 0.6 is 11.3 Å². The van der Waals surface area contributed by atoms with Crippen molar-refractivity contribution in [1.29, 1.82) is 0 Å². The lowest BCUT2D eigenvalue weighted by atomic mass is 9.96. The molecule has 2 aromatic heterocycles. The van der Waals surface area contributed by atoms with E-state index in [9.17, 15) is 18.0 Å². The maximum absolute atomic E-state index is 13.3. The van der Waals surface area contributed by atoms with Gasteiger partial charge in [-0.1, -0.05) is 31.4 Å². The predicted molar refractivity (Wildman–Crippen MR) is 121 cm³/mol. The van der Waals surface area contributed by atoms with Gasteiger partial charge in [-0.15, -0.1) is 11.3 Å². The smallest absolute Gasteiger partial charge is 0.262 e. The topological polar surface area (TPSA) is 101 Å². The lowest BCUT2D eigenvalue weighted by Crippen LogP contribution is -2.38. The van der Waals surface area contributed by atoms with Crippen molar-refractivity contribution in [3.05, 3.63) is 52.4 Å². The van der Waals surface area contributed by atoms with Gasteiger partial charge in [0.15, 0.2) is 0 Å². The molecule has 1 aliphatic carbocycles. The van der Waals surface area contributed by atoms with Gasteiger partial charge in [-0.3, -0.25) is 14.2 Å².